The van der Waals surface area contributed by atoms with Gasteiger partial charge < -0.3 is 9.64 Å². The third-order valence-electron chi connectivity index (χ3n) is 3.31. The predicted octanol–water partition coefficient (Wildman–Crippen LogP) is 1.72. The Kier molecular flexibility index (Phi) is 5.58. The van der Waals surface area contributed by atoms with Gasteiger partial charge in [0.05, 0.1) is 5.69 Å². The van der Waals surface area contributed by atoms with Gasteiger partial charge in [-0.1, -0.05) is 22.4 Å². The number of carbonyl (C=O) groups excluding carboxylic acids is 2. The van der Waals surface area contributed by atoms with E-state index in [0.717, 1.165) is 35.2 Å². The van der Waals surface area contributed by atoms with E-state index in [4.69, 9.17) is 10.6 Å². The molecule has 7 heteroatoms. The fraction of sp³-hybridized carbons (Fsp3) is 0.429. The van der Waals surface area contributed by atoms with Gasteiger partial charge in [-0.2, -0.15) is 0 Å². The summed E-state index contributed by atoms with van der Waals surface area (Å²) in [5.74, 6) is 5.54. The third-order valence-corrected chi connectivity index (χ3v) is 3.80. The lowest BCUT2D eigenvalue weighted by atomic mass is 10.1. The second-order valence-corrected chi connectivity index (χ2v) is 5.74. The van der Waals surface area contributed by atoms with E-state index in [1.54, 1.807) is 4.90 Å². The summed E-state index contributed by atoms with van der Waals surface area (Å²) in [6, 6.07) is 5.62. The number of amides is 2. The zero-order valence-electron chi connectivity index (χ0n) is 11.6. The number of hydrazine groups is 1. The number of unbranched alkanes of at least 4 members (excludes halogenated alkanes) is 2. The molecule has 0 aromatic heterocycles. The van der Waals surface area contributed by atoms with Crippen molar-refractivity contribution in [2.75, 3.05) is 18.1 Å². The Morgan fingerprint density at radius 3 is 2.95 bits per heavy atom. The van der Waals surface area contributed by atoms with Gasteiger partial charge in [-0.05, 0) is 31.0 Å². The van der Waals surface area contributed by atoms with Crippen molar-refractivity contribution in [2.45, 2.75) is 25.7 Å². The minimum Gasteiger partial charge on any atom is -0.482 e. The minimum atomic E-state index is -0.160. The number of hydrogen-bond acceptors (Lipinski definition) is 4. The van der Waals surface area contributed by atoms with Crippen LogP contribution in [0.1, 0.15) is 25.7 Å². The SMILES string of the molecule is NNC(=O)CCCCCN1C(=O)COc2ccc(Br)cc21. The van der Waals surface area contributed by atoms with Gasteiger partial charge in [0, 0.05) is 17.4 Å². The van der Waals surface area contributed by atoms with E-state index in [1.807, 2.05) is 18.2 Å². The van der Waals surface area contributed by atoms with Gasteiger partial charge >= 0.3 is 0 Å². The van der Waals surface area contributed by atoms with Crippen molar-refractivity contribution >= 4 is 33.4 Å². The summed E-state index contributed by atoms with van der Waals surface area (Å²) in [4.78, 5) is 24.7. The molecule has 0 fully saturated rings. The van der Waals surface area contributed by atoms with Crippen LogP contribution in [0.5, 0.6) is 5.75 Å². The van der Waals surface area contributed by atoms with Crippen LogP contribution in [0.4, 0.5) is 5.69 Å². The molecule has 0 bridgehead atoms. The number of fused-ring (bicyclic) bond motifs is 1. The van der Waals surface area contributed by atoms with Crippen LogP contribution in [-0.2, 0) is 9.59 Å². The summed E-state index contributed by atoms with van der Waals surface area (Å²) in [5.41, 5.74) is 2.90. The molecule has 1 aliphatic heterocycles. The monoisotopic (exact) mass is 355 g/mol. The first-order valence-corrected chi connectivity index (χ1v) is 7.63. The number of nitrogens with one attached hydrogen (secondary N) is 1. The first-order valence-electron chi connectivity index (χ1n) is 6.84. The molecule has 0 saturated carbocycles. The first-order chi connectivity index (χ1) is 10.1. The molecule has 3 N–H and O–H groups in total. The van der Waals surface area contributed by atoms with Crippen LogP contribution < -0.4 is 20.9 Å². The van der Waals surface area contributed by atoms with Crippen LogP contribution in [0.25, 0.3) is 0 Å². The molecule has 0 spiro atoms. The van der Waals surface area contributed by atoms with Crippen molar-refractivity contribution in [1.29, 1.82) is 0 Å². The zero-order chi connectivity index (χ0) is 15.2. The van der Waals surface area contributed by atoms with Gasteiger partial charge in [0.25, 0.3) is 5.91 Å². The Hall–Kier alpha value is -1.60. The number of rotatable bonds is 6. The lowest BCUT2D eigenvalue weighted by Gasteiger charge is -2.29. The Bertz CT molecular complexity index is 536. The van der Waals surface area contributed by atoms with Crippen LogP contribution in [0.2, 0.25) is 0 Å². The highest BCUT2D eigenvalue weighted by Crippen LogP contribution is 2.34. The Morgan fingerprint density at radius 2 is 2.19 bits per heavy atom. The summed E-state index contributed by atoms with van der Waals surface area (Å²) >= 11 is 3.40. The van der Waals surface area contributed by atoms with E-state index in [2.05, 4.69) is 21.4 Å². The Labute approximate surface area is 131 Å². The molecule has 114 valence electrons. The topological polar surface area (TPSA) is 84.7 Å². The molecule has 21 heavy (non-hydrogen) atoms. The molecule has 2 rings (SSSR count). The minimum absolute atomic E-state index is 0.0414. The molecule has 1 aromatic rings. The van der Waals surface area contributed by atoms with Crippen LogP contribution in [-0.4, -0.2) is 25.0 Å². The number of halogens is 1. The molecule has 0 saturated heterocycles. The van der Waals surface area contributed by atoms with Crippen molar-refractivity contribution in [2.24, 2.45) is 5.84 Å². The van der Waals surface area contributed by atoms with E-state index in [-0.39, 0.29) is 18.4 Å². The van der Waals surface area contributed by atoms with Crippen LogP contribution in [0, 0.1) is 0 Å². The molecular weight excluding hydrogens is 338 g/mol. The van der Waals surface area contributed by atoms with E-state index in [0.29, 0.717) is 13.0 Å². The maximum absolute atomic E-state index is 12.0. The van der Waals surface area contributed by atoms with Gasteiger partial charge in [-0.15, -0.1) is 0 Å². The number of benzene rings is 1. The Morgan fingerprint density at radius 1 is 1.38 bits per heavy atom. The number of nitrogens with two attached hydrogens (primary N) is 1. The predicted molar refractivity (Wildman–Crippen MR) is 82.8 cm³/mol. The molecule has 1 heterocycles. The third kappa shape index (κ3) is 4.18. The lowest BCUT2D eigenvalue weighted by molar-refractivity contribution is -0.122. The molecule has 6 nitrogen and oxygen atoms in total. The van der Waals surface area contributed by atoms with Crippen molar-refractivity contribution in [1.82, 2.24) is 5.43 Å². The highest BCUT2D eigenvalue weighted by molar-refractivity contribution is 9.10. The summed E-state index contributed by atoms with van der Waals surface area (Å²) in [7, 11) is 0. The van der Waals surface area contributed by atoms with Crippen LogP contribution in [0.3, 0.4) is 0 Å². The average molecular weight is 356 g/mol. The number of ether oxygens (including phenoxy) is 1. The molecule has 1 aromatic carbocycles. The molecular formula is C14H18BrN3O3. The quantitative estimate of drug-likeness (QED) is 0.352. The standard InChI is InChI=1S/C14H18BrN3O3/c15-10-5-6-12-11(8-10)18(14(20)9-21-12)7-3-1-2-4-13(19)17-16/h5-6,8H,1-4,7,9,16H2,(H,17,19). The van der Waals surface area contributed by atoms with Gasteiger partial charge in [-0.3, -0.25) is 15.0 Å². The van der Waals surface area contributed by atoms with Gasteiger partial charge in [0.1, 0.15) is 5.75 Å². The molecule has 0 aliphatic carbocycles. The summed E-state index contributed by atoms with van der Waals surface area (Å²) < 4.78 is 6.32. The maximum Gasteiger partial charge on any atom is 0.265 e. The van der Waals surface area contributed by atoms with E-state index >= 15 is 0 Å². The first kappa shape index (κ1) is 15.8. The molecule has 0 unspecified atom stereocenters. The molecule has 1 aliphatic rings. The van der Waals surface area contributed by atoms with E-state index in [9.17, 15) is 9.59 Å². The largest absolute Gasteiger partial charge is 0.482 e. The fourth-order valence-electron chi connectivity index (χ4n) is 2.22. The second-order valence-electron chi connectivity index (χ2n) is 4.82. The van der Waals surface area contributed by atoms with Crippen molar-refractivity contribution < 1.29 is 14.3 Å². The van der Waals surface area contributed by atoms with Gasteiger partial charge in [-0.25, -0.2) is 5.84 Å². The van der Waals surface area contributed by atoms with Crippen LogP contribution in [0.15, 0.2) is 22.7 Å². The van der Waals surface area contributed by atoms with E-state index < -0.39 is 0 Å². The van der Waals surface area contributed by atoms with Crippen molar-refractivity contribution in [3.8, 4) is 5.75 Å². The summed E-state index contributed by atoms with van der Waals surface area (Å²) in [6.07, 6.45) is 2.86. The summed E-state index contributed by atoms with van der Waals surface area (Å²) in [5, 5.41) is 0. The molecule has 0 atom stereocenters. The molecule has 0 radical (unpaired) electrons. The average Bonchev–Trinajstić information content (AvgIpc) is 2.48. The van der Waals surface area contributed by atoms with Gasteiger partial charge in [0.2, 0.25) is 5.91 Å². The maximum atomic E-state index is 12.0. The zero-order valence-corrected chi connectivity index (χ0v) is 13.2. The summed E-state index contributed by atoms with van der Waals surface area (Å²) in [6.45, 7) is 0.695. The Balaban J connectivity index is 1.89. The second kappa shape index (κ2) is 7.42. The van der Waals surface area contributed by atoms with Gasteiger partial charge in [0.15, 0.2) is 6.61 Å². The lowest BCUT2D eigenvalue weighted by Crippen LogP contribution is -2.39. The number of anilines is 1. The highest BCUT2D eigenvalue weighted by atomic mass is 79.9. The van der Waals surface area contributed by atoms with Crippen molar-refractivity contribution in [3.63, 3.8) is 0 Å². The molecule has 2 amide bonds. The smallest absolute Gasteiger partial charge is 0.265 e. The normalized spacial score (nSPS) is 13.6. The number of nitrogens with zero attached hydrogens (tertiary/aromatic N) is 1. The van der Waals surface area contributed by atoms with Crippen LogP contribution >= 0.6 is 15.9 Å². The number of hydrogen-bond donors (Lipinski definition) is 2. The number of carbonyl (C=O) groups is 2. The van der Waals surface area contributed by atoms with E-state index in [1.165, 1.54) is 0 Å². The highest BCUT2D eigenvalue weighted by Gasteiger charge is 2.25. The fourth-order valence-corrected chi connectivity index (χ4v) is 2.57. The van der Waals surface area contributed by atoms with Crippen molar-refractivity contribution in [3.05, 3.63) is 22.7 Å².